The maximum Gasteiger partial charge on any atom is 0.326 e. The van der Waals surface area contributed by atoms with E-state index in [1.807, 2.05) is 0 Å². The van der Waals surface area contributed by atoms with Crippen molar-refractivity contribution < 1.29 is 28.9 Å². The highest BCUT2D eigenvalue weighted by molar-refractivity contribution is 5.85. The van der Waals surface area contributed by atoms with Crippen molar-refractivity contribution in [3.63, 3.8) is 0 Å². The van der Waals surface area contributed by atoms with Crippen molar-refractivity contribution in [3.8, 4) is 17.2 Å². The minimum absolute atomic E-state index is 0.243. The second-order valence-corrected chi connectivity index (χ2v) is 4.86. The fourth-order valence-corrected chi connectivity index (χ4v) is 2.52. The molecule has 7 nitrogen and oxygen atoms in total. The van der Waals surface area contributed by atoms with Gasteiger partial charge in [-0.15, -0.1) is 0 Å². The van der Waals surface area contributed by atoms with Crippen LogP contribution >= 0.6 is 0 Å². The quantitative estimate of drug-likeness (QED) is 0.848. The number of carbonyl (C=O) groups is 2. The first-order valence-electron chi connectivity index (χ1n) is 6.94. The van der Waals surface area contributed by atoms with E-state index in [4.69, 9.17) is 19.3 Å². The van der Waals surface area contributed by atoms with Gasteiger partial charge in [-0.3, -0.25) is 4.79 Å². The lowest BCUT2D eigenvalue weighted by Crippen LogP contribution is -2.42. The lowest BCUT2D eigenvalue weighted by molar-refractivity contribution is -0.149. The molecule has 0 spiro atoms. The van der Waals surface area contributed by atoms with Gasteiger partial charge in [-0.25, -0.2) is 4.79 Å². The topological polar surface area (TPSA) is 85.3 Å². The van der Waals surface area contributed by atoms with E-state index in [1.54, 1.807) is 18.2 Å². The number of para-hydroxylation sites is 1. The van der Waals surface area contributed by atoms with E-state index in [-0.39, 0.29) is 12.5 Å². The molecule has 0 bridgehead atoms. The fourth-order valence-electron chi connectivity index (χ4n) is 2.52. The zero-order chi connectivity index (χ0) is 16.1. The third-order valence-electron chi connectivity index (χ3n) is 3.58. The van der Waals surface area contributed by atoms with Crippen LogP contribution in [0.2, 0.25) is 0 Å². The highest BCUT2D eigenvalue weighted by Crippen LogP contribution is 2.36. The molecule has 1 atom stereocenters. The molecule has 1 N–H and O–H groups in total. The average molecular weight is 309 g/mol. The molecule has 22 heavy (non-hydrogen) atoms. The van der Waals surface area contributed by atoms with Crippen LogP contribution in [0.25, 0.3) is 0 Å². The van der Waals surface area contributed by atoms with E-state index >= 15 is 0 Å². The van der Waals surface area contributed by atoms with E-state index in [2.05, 4.69) is 0 Å². The molecule has 0 aliphatic carbocycles. The van der Waals surface area contributed by atoms with Gasteiger partial charge in [0.25, 0.3) is 5.91 Å². The summed E-state index contributed by atoms with van der Waals surface area (Å²) in [5, 5.41) is 9.10. The van der Waals surface area contributed by atoms with Gasteiger partial charge in [-0.05, 0) is 25.0 Å². The SMILES string of the molecule is COc1cccc(OCC(=O)N2CCCC2C(=O)O)c1OC. The highest BCUT2D eigenvalue weighted by atomic mass is 16.5. The number of methoxy groups -OCH3 is 2. The molecule has 7 heteroatoms. The summed E-state index contributed by atoms with van der Waals surface area (Å²) in [6.07, 6.45) is 1.16. The number of aliphatic carboxylic acids is 1. The Morgan fingerprint density at radius 2 is 2.00 bits per heavy atom. The minimum atomic E-state index is -0.982. The largest absolute Gasteiger partial charge is 0.493 e. The van der Waals surface area contributed by atoms with Crippen molar-refractivity contribution in [1.29, 1.82) is 0 Å². The number of likely N-dealkylation sites (tertiary alicyclic amines) is 1. The predicted octanol–water partition coefficient (Wildman–Crippen LogP) is 1.16. The summed E-state index contributed by atoms with van der Waals surface area (Å²) in [5.41, 5.74) is 0. The summed E-state index contributed by atoms with van der Waals surface area (Å²) >= 11 is 0. The van der Waals surface area contributed by atoms with E-state index in [1.165, 1.54) is 19.1 Å². The molecule has 0 radical (unpaired) electrons. The molecule has 1 aliphatic heterocycles. The summed E-state index contributed by atoms with van der Waals surface area (Å²) in [6.45, 7) is 0.196. The number of hydrogen-bond donors (Lipinski definition) is 1. The summed E-state index contributed by atoms with van der Waals surface area (Å²) in [7, 11) is 2.99. The first-order valence-corrected chi connectivity index (χ1v) is 6.94. The number of benzene rings is 1. The molecule has 1 aliphatic rings. The fraction of sp³-hybridized carbons (Fsp3) is 0.467. The van der Waals surface area contributed by atoms with Crippen LogP contribution in [0.3, 0.4) is 0 Å². The van der Waals surface area contributed by atoms with Crippen molar-refractivity contribution in [2.24, 2.45) is 0 Å². The number of amides is 1. The molecule has 1 aromatic carbocycles. The summed E-state index contributed by atoms with van der Waals surface area (Å²) in [5.74, 6) is -0.0631. The van der Waals surface area contributed by atoms with E-state index < -0.39 is 12.0 Å². The van der Waals surface area contributed by atoms with E-state index in [9.17, 15) is 9.59 Å². The van der Waals surface area contributed by atoms with Crippen molar-refractivity contribution >= 4 is 11.9 Å². The van der Waals surface area contributed by atoms with Crippen molar-refractivity contribution in [1.82, 2.24) is 4.90 Å². The van der Waals surface area contributed by atoms with Crippen LogP contribution in [0.5, 0.6) is 17.2 Å². The lowest BCUT2D eigenvalue weighted by Gasteiger charge is -2.21. The first-order chi connectivity index (χ1) is 10.6. The molecule has 1 heterocycles. The van der Waals surface area contributed by atoms with Gasteiger partial charge in [0.1, 0.15) is 6.04 Å². The zero-order valence-corrected chi connectivity index (χ0v) is 12.6. The number of nitrogens with zero attached hydrogens (tertiary/aromatic N) is 1. The van der Waals surface area contributed by atoms with Crippen LogP contribution in [-0.2, 0) is 9.59 Å². The third kappa shape index (κ3) is 3.24. The smallest absolute Gasteiger partial charge is 0.326 e. The minimum Gasteiger partial charge on any atom is -0.493 e. The van der Waals surface area contributed by atoms with Crippen LogP contribution < -0.4 is 14.2 Å². The van der Waals surface area contributed by atoms with Crippen LogP contribution in [-0.4, -0.2) is 55.3 Å². The standard InChI is InChI=1S/C15H19NO6/c1-20-11-6-3-7-12(14(11)21-2)22-9-13(17)16-8-4-5-10(16)15(18)19/h3,6-7,10H,4-5,8-9H2,1-2H3,(H,18,19). The molecule has 1 aromatic rings. The summed E-state index contributed by atoms with van der Waals surface area (Å²) < 4.78 is 15.9. The zero-order valence-electron chi connectivity index (χ0n) is 12.6. The molecule has 1 amide bonds. The van der Waals surface area contributed by atoms with Crippen molar-refractivity contribution in [3.05, 3.63) is 18.2 Å². The van der Waals surface area contributed by atoms with Gasteiger partial charge in [0.05, 0.1) is 14.2 Å². The second kappa shape index (κ2) is 7.02. The van der Waals surface area contributed by atoms with E-state index in [0.717, 1.165) is 0 Å². The molecule has 1 fully saturated rings. The number of rotatable bonds is 6. The van der Waals surface area contributed by atoms with Crippen molar-refractivity contribution in [2.75, 3.05) is 27.4 Å². The van der Waals surface area contributed by atoms with E-state index in [0.29, 0.717) is 36.6 Å². The summed E-state index contributed by atoms with van der Waals surface area (Å²) in [4.78, 5) is 24.6. The Balaban J connectivity index is 2.04. The lowest BCUT2D eigenvalue weighted by atomic mass is 10.2. The summed E-state index contributed by atoms with van der Waals surface area (Å²) in [6, 6.07) is 4.34. The Morgan fingerprint density at radius 3 is 2.64 bits per heavy atom. The number of hydrogen-bond acceptors (Lipinski definition) is 5. The Bertz CT molecular complexity index is 559. The molecule has 2 rings (SSSR count). The van der Waals surface area contributed by atoms with Gasteiger partial charge in [-0.1, -0.05) is 6.07 Å². The molecule has 0 aromatic heterocycles. The Labute approximate surface area is 128 Å². The van der Waals surface area contributed by atoms with Crippen molar-refractivity contribution in [2.45, 2.75) is 18.9 Å². The van der Waals surface area contributed by atoms with Crippen LogP contribution in [0, 0.1) is 0 Å². The average Bonchev–Trinajstić information content (AvgIpc) is 3.01. The molecule has 1 saturated heterocycles. The maximum absolute atomic E-state index is 12.2. The third-order valence-corrected chi connectivity index (χ3v) is 3.58. The molecular formula is C15H19NO6. The maximum atomic E-state index is 12.2. The number of carbonyl (C=O) groups excluding carboxylic acids is 1. The van der Waals surface area contributed by atoms with Gasteiger partial charge < -0.3 is 24.2 Å². The van der Waals surface area contributed by atoms with Gasteiger partial charge in [0.15, 0.2) is 18.1 Å². The Morgan fingerprint density at radius 1 is 1.27 bits per heavy atom. The Hall–Kier alpha value is -2.44. The van der Waals surface area contributed by atoms with Crippen LogP contribution in [0.4, 0.5) is 0 Å². The number of ether oxygens (including phenoxy) is 3. The van der Waals surface area contributed by atoms with Gasteiger partial charge in [0.2, 0.25) is 5.75 Å². The molecular weight excluding hydrogens is 290 g/mol. The highest BCUT2D eigenvalue weighted by Gasteiger charge is 2.34. The molecule has 120 valence electrons. The normalized spacial score (nSPS) is 17.2. The number of carboxylic acids is 1. The van der Waals surface area contributed by atoms with Crippen LogP contribution in [0.1, 0.15) is 12.8 Å². The van der Waals surface area contributed by atoms with Gasteiger partial charge >= 0.3 is 5.97 Å². The van der Waals surface area contributed by atoms with Crippen LogP contribution in [0.15, 0.2) is 18.2 Å². The monoisotopic (exact) mass is 309 g/mol. The molecule has 1 unspecified atom stereocenters. The van der Waals surface area contributed by atoms with Gasteiger partial charge in [0, 0.05) is 6.54 Å². The second-order valence-electron chi connectivity index (χ2n) is 4.86. The molecule has 0 saturated carbocycles. The number of carboxylic acid groups (broad SMARTS) is 1. The predicted molar refractivity (Wildman–Crippen MR) is 77.4 cm³/mol. The Kier molecular flexibility index (Phi) is 5.08. The first kappa shape index (κ1) is 15.9. The van der Waals surface area contributed by atoms with Gasteiger partial charge in [-0.2, -0.15) is 0 Å².